The molecule has 0 aliphatic heterocycles. The fraction of sp³-hybridized carbons (Fsp3) is 0.154. The van der Waals surface area contributed by atoms with Crippen molar-refractivity contribution in [2.45, 2.75) is 0 Å². The first-order chi connectivity index (χ1) is 11.2. The number of amidine groups is 1. The zero-order valence-electron chi connectivity index (χ0n) is 12.8. The number of rotatable bonds is 5. The average Bonchev–Trinajstić information content (AvgIpc) is 2.96. The highest BCUT2D eigenvalue weighted by molar-refractivity contribution is 7.07. The van der Waals surface area contributed by atoms with Crippen LogP contribution in [0.15, 0.2) is 40.7 Å². The van der Waals surface area contributed by atoms with E-state index in [1.807, 2.05) is 0 Å². The summed E-state index contributed by atoms with van der Waals surface area (Å²) in [6.07, 6.45) is 1.68. The van der Waals surface area contributed by atoms with Gasteiger partial charge < -0.3 is 9.57 Å². The number of hydrogen-bond acceptors (Lipinski definition) is 8. The van der Waals surface area contributed by atoms with E-state index in [9.17, 15) is 0 Å². The molecule has 0 fully saturated rings. The van der Waals surface area contributed by atoms with E-state index in [2.05, 4.69) is 24.8 Å². The van der Waals surface area contributed by atoms with Crippen LogP contribution in [0.2, 0.25) is 0 Å². The second-order valence-electron chi connectivity index (χ2n) is 3.69. The molecule has 0 aliphatic carbocycles. The maximum Gasteiger partial charge on any atom is 0.298 e. The lowest BCUT2D eigenvalue weighted by Gasteiger charge is -2.11. The highest BCUT2D eigenvalue weighted by Crippen LogP contribution is 2.26. The zero-order chi connectivity index (χ0) is 16.7. The first-order valence-electron chi connectivity index (χ1n) is 6.50. The van der Waals surface area contributed by atoms with Crippen molar-refractivity contribution in [1.82, 2.24) is 14.7 Å². The number of benzene rings is 1. The number of nitrogens with one attached hydrogen (secondary N) is 1. The SMILES string of the molecule is [2H]c1nsc(Oc2ccccc2/C(=N\OC)C(=NC)NC#N)n1. The summed E-state index contributed by atoms with van der Waals surface area (Å²) in [4.78, 5) is 12.7. The molecule has 0 saturated heterocycles. The van der Waals surface area contributed by atoms with Crippen LogP contribution in [0.5, 0.6) is 10.9 Å². The predicted octanol–water partition coefficient (Wildman–Crippen LogP) is 1.78. The molecule has 2 rings (SSSR count). The number of hydrogen-bond donors (Lipinski definition) is 1. The number of nitrogens with zero attached hydrogens (tertiary/aromatic N) is 5. The van der Waals surface area contributed by atoms with E-state index in [1.165, 1.54) is 14.2 Å². The molecule has 0 saturated carbocycles. The predicted molar refractivity (Wildman–Crippen MR) is 82.1 cm³/mol. The van der Waals surface area contributed by atoms with Gasteiger partial charge >= 0.3 is 0 Å². The summed E-state index contributed by atoms with van der Waals surface area (Å²) in [6, 6.07) is 6.99. The molecule has 0 radical (unpaired) electrons. The van der Waals surface area contributed by atoms with Crippen molar-refractivity contribution < 1.29 is 10.9 Å². The lowest BCUT2D eigenvalue weighted by Crippen LogP contribution is -2.29. The number of ether oxygens (including phenoxy) is 1. The molecule has 0 atom stereocenters. The summed E-state index contributed by atoms with van der Waals surface area (Å²) in [5, 5.41) is 15.4. The highest BCUT2D eigenvalue weighted by atomic mass is 32.1. The largest absolute Gasteiger partial charge is 0.429 e. The van der Waals surface area contributed by atoms with Gasteiger partial charge in [0.2, 0.25) is 0 Å². The molecule has 0 unspecified atom stereocenters. The van der Waals surface area contributed by atoms with E-state index in [1.54, 1.807) is 30.5 Å². The van der Waals surface area contributed by atoms with E-state index in [-0.39, 0.29) is 17.3 Å². The van der Waals surface area contributed by atoms with Crippen LogP contribution in [0.3, 0.4) is 0 Å². The molecule has 0 aliphatic rings. The molecular formula is C13H12N6O2S. The van der Waals surface area contributed by atoms with Crippen molar-refractivity contribution in [2.75, 3.05) is 14.2 Å². The molecular weight excluding hydrogens is 304 g/mol. The van der Waals surface area contributed by atoms with Gasteiger partial charge in [0.05, 0.1) is 5.56 Å². The van der Waals surface area contributed by atoms with Crippen molar-refractivity contribution in [3.8, 4) is 17.1 Å². The zero-order valence-corrected chi connectivity index (χ0v) is 12.6. The Balaban J connectivity index is 2.44. The van der Waals surface area contributed by atoms with Crippen LogP contribution in [0.4, 0.5) is 0 Å². The normalized spacial score (nSPS) is 12.3. The monoisotopic (exact) mass is 317 g/mol. The van der Waals surface area contributed by atoms with Gasteiger partial charge in [0.25, 0.3) is 5.19 Å². The molecule has 0 spiro atoms. The van der Waals surface area contributed by atoms with Crippen molar-refractivity contribution in [3.63, 3.8) is 0 Å². The van der Waals surface area contributed by atoms with Gasteiger partial charge in [-0.2, -0.15) is 14.6 Å². The van der Waals surface area contributed by atoms with Crippen LogP contribution in [-0.4, -0.2) is 35.1 Å². The fourth-order valence-corrected chi connectivity index (χ4v) is 1.98. The summed E-state index contributed by atoms with van der Waals surface area (Å²) in [7, 11) is 2.91. The molecule has 8 nitrogen and oxygen atoms in total. The third-order valence-electron chi connectivity index (χ3n) is 2.45. The topological polar surface area (TPSA) is 105 Å². The van der Waals surface area contributed by atoms with Crippen LogP contribution in [0.25, 0.3) is 0 Å². The Morgan fingerprint density at radius 1 is 1.50 bits per heavy atom. The Bertz CT molecular complexity index is 783. The lowest BCUT2D eigenvalue weighted by molar-refractivity contribution is 0.214. The Labute approximate surface area is 132 Å². The van der Waals surface area contributed by atoms with Crippen LogP contribution in [0, 0.1) is 11.5 Å². The number of oxime groups is 1. The standard InChI is InChI=1S/C13H12N6O2S/c1-15-12(16-7-14)11(19-20-2)9-5-3-4-6-10(9)21-13-17-8-18-22-13/h3-6,8H,1-2H3,(H,15,16)/b19-11+/i8D. The van der Waals surface area contributed by atoms with Gasteiger partial charge in [-0.15, -0.1) is 0 Å². The molecule has 112 valence electrons. The lowest BCUT2D eigenvalue weighted by atomic mass is 10.1. The van der Waals surface area contributed by atoms with E-state index < -0.39 is 0 Å². The molecule has 1 aromatic carbocycles. The number of aromatic nitrogens is 2. The third kappa shape index (κ3) is 3.56. The summed E-state index contributed by atoms with van der Waals surface area (Å²) >= 11 is 0.962. The van der Waals surface area contributed by atoms with E-state index in [0.717, 1.165) is 11.5 Å². The summed E-state index contributed by atoms with van der Waals surface area (Å²) < 4.78 is 16.7. The van der Waals surface area contributed by atoms with Crippen molar-refractivity contribution >= 4 is 23.1 Å². The quantitative estimate of drug-likeness (QED) is 0.296. The van der Waals surface area contributed by atoms with Gasteiger partial charge in [0.15, 0.2) is 17.7 Å². The minimum absolute atomic E-state index is 0.116. The summed E-state index contributed by atoms with van der Waals surface area (Å²) in [6.45, 7) is 0. The second-order valence-corrected chi connectivity index (χ2v) is 4.40. The van der Waals surface area contributed by atoms with Crippen molar-refractivity contribution in [3.05, 3.63) is 36.1 Å². The highest BCUT2D eigenvalue weighted by Gasteiger charge is 2.18. The summed E-state index contributed by atoms with van der Waals surface area (Å²) in [5.74, 6) is 0.643. The molecule has 1 aromatic heterocycles. The maximum absolute atomic E-state index is 8.83. The molecule has 9 heteroatoms. The Morgan fingerprint density at radius 2 is 2.32 bits per heavy atom. The van der Waals surface area contributed by atoms with Crippen LogP contribution < -0.4 is 10.1 Å². The molecule has 22 heavy (non-hydrogen) atoms. The van der Waals surface area contributed by atoms with Gasteiger partial charge in [-0.05, 0) is 12.1 Å². The molecule has 0 amide bonds. The molecule has 0 bridgehead atoms. The van der Waals surface area contributed by atoms with Crippen molar-refractivity contribution in [2.24, 2.45) is 10.1 Å². The number of aliphatic imine (C=N–C) groups is 1. The van der Waals surface area contributed by atoms with Gasteiger partial charge in [0, 0.05) is 18.6 Å². The second kappa shape index (κ2) is 7.70. The minimum atomic E-state index is -0.116. The van der Waals surface area contributed by atoms with Crippen molar-refractivity contribution in [1.29, 1.82) is 5.26 Å². The first kappa shape index (κ1) is 14.0. The fourth-order valence-electron chi connectivity index (χ4n) is 1.61. The molecule has 1 N–H and O–H groups in total. The number of para-hydroxylation sites is 1. The van der Waals surface area contributed by atoms with Crippen LogP contribution in [-0.2, 0) is 4.84 Å². The summed E-state index contributed by atoms with van der Waals surface area (Å²) in [5.41, 5.74) is 0.835. The number of nitriles is 1. The minimum Gasteiger partial charge on any atom is -0.429 e. The van der Waals surface area contributed by atoms with Gasteiger partial charge in [0.1, 0.15) is 20.5 Å². The Morgan fingerprint density at radius 3 is 2.95 bits per heavy atom. The van der Waals surface area contributed by atoms with Gasteiger partial charge in [-0.25, -0.2) is 0 Å². The van der Waals surface area contributed by atoms with Gasteiger partial charge in [-0.3, -0.25) is 10.3 Å². The molecule has 1 heterocycles. The Kier molecular flexibility index (Phi) is 4.89. The van der Waals surface area contributed by atoms with Crippen LogP contribution in [0.1, 0.15) is 6.93 Å². The van der Waals surface area contributed by atoms with Gasteiger partial charge in [-0.1, -0.05) is 17.3 Å². The first-order valence-corrected chi connectivity index (χ1v) is 6.78. The third-order valence-corrected chi connectivity index (χ3v) is 2.95. The molecule has 2 aromatic rings. The van der Waals surface area contributed by atoms with E-state index in [0.29, 0.717) is 17.0 Å². The van der Waals surface area contributed by atoms with E-state index >= 15 is 0 Å². The smallest absolute Gasteiger partial charge is 0.298 e. The van der Waals surface area contributed by atoms with E-state index in [4.69, 9.17) is 16.2 Å². The average molecular weight is 317 g/mol. The van der Waals surface area contributed by atoms with Crippen LogP contribution >= 0.6 is 11.5 Å². The maximum atomic E-state index is 8.83. The Hall–Kier alpha value is -2.99.